The molecular formula is C11H13F2NO. The van der Waals surface area contributed by atoms with Gasteiger partial charge in [0.25, 0.3) is 5.92 Å². The maximum atomic E-state index is 12.5. The minimum absolute atomic E-state index is 0.513. The first kappa shape index (κ1) is 10.2. The highest BCUT2D eigenvalue weighted by atomic mass is 19.3. The summed E-state index contributed by atoms with van der Waals surface area (Å²) in [6, 6.07) is 5.40. The van der Waals surface area contributed by atoms with Crippen molar-refractivity contribution in [3.63, 3.8) is 0 Å². The van der Waals surface area contributed by atoms with Crippen LogP contribution in [0.25, 0.3) is 0 Å². The molecule has 1 N–H and O–H groups in total. The summed E-state index contributed by atoms with van der Waals surface area (Å²) < 4.78 is 30.1. The number of anilines is 1. The van der Waals surface area contributed by atoms with Crippen molar-refractivity contribution in [1.82, 2.24) is 0 Å². The van der Waals surface area contributed by atoms with Gasteiger partial charge in [-0.3, -0.25) is 0 Å². The molecule has 0 aliphatic carbocycles. The van der Waals surface area contributed by atoms with Gasteiger partial charge in [0, 0.05) is 19.2 Å². The second-order valence-corrected chi connectivity index (χ2v) is 3.85. The van der Waals surface area contributed by atoms with E-state index in [1.807, 2.05) is 12.1 Å². The van der Waals surface area contributed by atoms with Gasteiger partial charge in [-0.1, -0.05) is 0 Å². The SMILES string of the molecule is CC(F)(F)COc1ccc2c(c1)CCN2. The Labute approximate surface area is 87.2 Å². The van der Waals surface area contributed by atoms with E-state index in [1.54, 1.807) is 6.07 Å². The van der Waals surface area contributed by atoms with E-state index in [-0.39, 0.29) is 0 Å². The zero-order valence-corrected chi connectivity index (χ0v) is 8.52. The summed E-state index contributed by atoms with van der Waals surface area (Å²) in [5.74, 6) is -2.27. The molecule has 1 heterocycles. The third-order valence-corrected chi connectivity index (χ3v) is 2.28. The van der Waals surface area contributed by atoms with E-state index < -0.39 is 12.5 Å². The number of rotatable bonds is 3. The number of alkyl halides is 2. The van der Waals surface area contributed by atoms with Crippen molar-refractivity contribution in [2.24, 2.45) is 0 Å². The van der Waals surface area contributed by atoms with Gasteiger partial charge in [0.2, 0.25) is 0 Å². The first-order chi connectivity index (χ1) is 7.04. The summed E-state index contributed by atoms with van der Waals surface area (Å²) in [6.07, 6.45) is 0.926. The Bertz CT molecular complexity index is 360. The second-order valence-electron chi connectivity index (χ2n) is 3.85. The normalized spacial score (nSPS) is 14.6. The molecule has 0 aromatic heterocycles. The number of benzene rings is 1. The van der Waals surface area contributed by atoms with Crippen molar-refractivity contribution in [2.75, 3.05) is 18.5 Å². The Balaban J connectivity index is 2.04. The van der Waals surface area contributed by atoms with E-state index in [9.17, 15) is 8.78 Å². The Morgan fingerprint density at radius 3 is 3.00 bits per heavy atom. The fourth-order valence-corrected chi connectivity index (χ4v) is 1.58. The Morgan fingerprint density at radius 2 is 2.27 bits per heavy atom. The van der Waals surface area contributed by atoms with Crippen molar-refractivity contribution < 1.29 is 13.5 Å². The molecule has 2 rings (SSSR count). The van der Waals surface area contributed by atoms with Crippen LogP contribution in [0.15, 0.2) is 18.2 Å². The third kappa shape index (κ3) is 2.58. The number of nitrogens with one attached hydrogen (secondary N) is 1. The van der Waals surface area contributed by atoms with E-state index in [2.05, 4.69) is 5.32 Å². The van der Waals surface area contributed by atoms with Gasteiger partial charge in [0.05, 0.1) is 0 Å². The van der Waals surface area contributed by atoms with Crippen molar-refractivity contribution in [3.05, 3.63) is 23.8 Å². The van der Waals surface area contributed by atoms with Gasteiger partial charge >= 0.3 is 0 Å². The standard InChI is InChI=1S/C11H13F2NO/c1-11(12,13)7-15-9-2-3-10-8(6-9)4-5-14-10/h2-3,6,14H,4-5,7H2,1H3. The Morgan fingerprint density at radius 1 is 1.47 bits per heavy atom. The van der Waals surface area contributed by atoms with Gasteiger partial charge in [-0.25, -0.2) is 8.78 Å². The fraction of sp³-hybridized carbons (Fsp3) is 0.455. The van der Waals surface area contributed by atoms with Crippen molar-refractivity contribution >= 4 is 5.69 Å². The predicted molar refractivity (Wildman–Crippen MR) is 54.8 cm³/mol. The van der Waals surface area contributed by atoms with Crippen molar-refractivity contribution in [3.8, 4) is 5.75 Å². The molecule has 82 valence electrons. The van der Waals surface area contributed by atoms with Gasteiger partial charge < -0.3 is 10.1 Å². The van der Waals surface area contributed by atoms with E-state index in [4.69, 9.17) is 4.74 Å². The molecule has 2 nitrogen and oxygen atoms in total. The first-order valence-electron chi connectivity index (χ1n) is 4.92. The minimum Gasteiger partial charge on any atom is -0.487 e. The average molecular weight is 213 g/mol. The summed E-state index contributed by atoms with van der Waals surface area (Å²) in [7, 11) is 0. The number of fused-ring (bicyclic) bond motifs is 1. The molecule has 0 saturated carbocycles. The molecule has 0 bridgehead atoms. The van der Waals surface area contributed by atoms with Gasteiger partial charge in [-0.2, -0.15) is 0 Å². The van der Waals surface area contributed by atoms with Crippen LogP contribution in [-0.2, 0) is 6.42 Å². The molecule has 1 aliphatic rings. The lowest BCUT2D eigenvalue weighted by Gasteiger charge is -2.12. The molecule has 0 atom stereocenters. The van der Waals surface area contributed by atoms with E-state index in [1.165, 1.54) is 0 Å². The maximum absolute atomic E-state index is 12.5. The lowest BCUT2D eigenvalue weighted by Crippen LogP contribution is -2.20. The zero-order chi connectivity index (χ0) is 10.9. The topological polar surface area (TPSA) is 21.3 Å². The lowest BCUT2D eigenvalue weighted by atomic mass is 10.1. The molecule has 1 aromatic rings. The van der Waals surface area contributed by atoms with Crippen molar-refractivity contribution in [2.45, 2.75) is 19.3 Å². The first-order valence-corrected chi connectivity index (χ1v) is 4.92. The van der Waals surface area contributed by atoms with Gasteiger partial charge in [0.15, 0.2) is 6.61 Å². The molecule has 0 fully saturated rings. The highest BCUT2D eigenvalue weighted by Crippen LogP contribution is 2.27. The van der Waals surface area contributed by atoms with Crippen LogP contribution in [-0.4, -0.2) is 19.1 Å². The average Bonchev–Trinajstić information content (AvgIpc) is 2.60. The molecule has 1 aliphatic heterocycles. The van der Waals surface area contributed by atoms with Gasteiger partial charge in [-0.15, -0.1) is 0 Å². The van der Waals surface area contributed by atoms with Gasteiger partial charge in [-0.05, 0) is 30.2 Å². The second kappa shape index (κ2) is 3.68. The quantitative estimate of drug-likeness (QED) is 0.833. The molecular weight excluding hydrogens is 200 g/mol. The molecule has 15 heavy (non-hydrogen) atoms. The summed E-state index contributed by atoms with van der Waals surface area (Å²) in [5, 5.41) is 3.20. The lowest BCUT2D eigenvalue weighted by molar-refractivity contribution is -0.0229. The number of hydrogen-bond donors (Lipinski definition) is 1. The van der Waals surface area contributed by atoms with Crippen LogP contribution >= 0.6 is 0 Å². The van der Waals surface area contributed by atoms with Crippen LogP contribution in [0.4, 0.5) is 14.5 Å². The largest absolute Gasteiger partial charge is 0.487 e. The summed E-state index contributed by atoms with van der Waals surface area (Å²) in [4.78, 5) is 0. The van der Waals surface area contributed by atoms with E-state index in [0.717, 1.165) is 31.1 Å². The third-order valence-electron chi connectivity index (χ3n) is 2.28. The molecule has 0 amide bonds. The van der Waals surface area contributed by atoms with Crippen LogP contribution in [0.3, 0.4) is 0 Å². The van der Waals surface area contributed by atoms with Gasteiger partial charge in [0.1, 0.15) is 5.75 Å². The summed E-state index contributed by atoms with van der Waals surface area (Å²) in [5.41, 5.74) is 2.21. The monoisotopic (exact) mass is 213 g/mol. The summed E-state index contributed by atoms with van der Waals surface area (Å²) in [6.45, 7) is 1.18. The predicted octanol–water partition coefficient (Wildman–Crippen LogP) is 2.69. The maximum Gasteiger partial charge on any atom is 0.278 e. The van der Waals surface area contributed by atoms with Crippen LogP contribution in [0.2, 0.25) is 0 Å². The molecule has 0 saturated heterocycles. The Hall–Kier alpha value is -1.32. The van der Waals surface area contributed by atoms with Crippen LogP contribution in [0, 0.1) is 0 Å². The molecule has 4 heteroatoms. The smallest absolute Gasteiger partial charge is 0.278 e. The molecule has 0 radical (unpaired) electrons. The Kier molecular flexibility index (Phi) is 2.50. The van der Waals surface area contributed by atoms with Crippen LogP contribution < -0.4 is 10.1 Å². The van der Waals surface area contributed by atoms with Crippen LogP contribution in [0.1, 0.15) is 12.5 Å². The summed E-state index contributed by atoms with van der Waals surface area (Å²) >= 11 is 0. The number of ether oxygens (including phenoxy) is 1. The number of hydrogen-bond acceptors (Lipinski definition) is 2. The molecule has 0 unspecified atom stereocenters. The van der Waals surface area contributed by atoms with E-state index in [0.29, 0.717) is 5.75 Å². The minimum atomic E-state index is -2.78. The number of halogens is 2. The van der Waals surface area contributed by atoms with E-state index >= 15 is 0 Å². The highest BCUT2D eigenvalue weighted by Gasteiger charge is 2.22. The molecule has 0 spiro atoms. The highest BCUT2D eigenvalue weighted by molar-refractivity contribution is 5.57. The van der Waals surface area contributed by atoms with Crippen LogP contribution in [0.5, 0.6) is 5.75 Å². The van der Waals surface area contributed by atoms with Crippen molar-refractivity contribution in [1.29, 1.82) is 0 Å². The molecule has 1 aromatic carbocycles. The fourth-order valence-electron chi connectivity index (χ4n) is 1.58. The zero-order valence-electron chi connectivity index (χ0n) is 8.52.